The second-order valence-electron chi connectivity index (χ2n) is 6.04. The van der Waals surface area contributed by atoms with Crippen molar-refractivity contribution < 1.29 is 0 Å². The number of aryl methyl sites for hydroxylation is 1. The summed E-state index contributed by atoms with van der Waals surface area (Å²) in [6.07, 6.45) is 9.86. The highest BCUT2D eigenvalue weighted by Gasteiger charge is 2.44. The van der Waals surface area contributed by atoms with Gasteiger partial charge in [-0.15, -0.1) is 0 Å². The number of hydrogen-bond donors (Lipinski definition) is 1. The highest BCUT2D eigenvalue weighted by molar-refractivity contribution is 5.50. The summed E-state index contributed by atoms with van der Waals surface area (Å²) in [4.78, 5) is 17.5. The fraction of sp³-hybridized carbons (Fsp3) is 0.600. The largest absolute Gasteiger partial charge is 0.297 e. The van der Waals surface area contributed by atoms with Crippen molar-refractivity contribution in [2.45, 2.75) is 57.3 Å². The van der Waals surface area contributed by atoms with Crippen molar-refractivity contribution in [3.63, 3.8) is 0 Å². The molecule has 4 heteroatoms. The lowest BCUT2D eigenvalue weighted by Crippen LogP contribution is -2.25. The Bertz CT molecular complexity index is 704. The second-order valence-corrected chi connectivity index (χ2v) is 6.04. The van der Waals surface area contributed by atoms with E-state index in [4.69, 9.17) is 4.98 Å². The van der Waals surface area contributed by atoms with E-state index in [1.54, 1.807) is 4.52 Å². The molecule has 0 saturated heterocycles. The minimum Gasteiger partial charge on any atom is -0.297 e. The summed E-state index contributed by atoms with van der Waals surface area (Å²) in [6.45, 7) is 2.11. The normalized spacial score (nSPS) is 20.5. The molecule has 1 spiro atoms. The van der Waals surface area contributed by atoms with Crippen LogP contribution in [0.5, 0.6) is 0 Å². The molecule has 0 radical (unpaired) electrons. The van der Waals surface area contributed by atoms with E-state index in [2.05, 4.69) is 12.0 Å². The zero-order valence-electron chi connectivity index (χ0n) is 11.3. The number of aromatic nitrogens is 3. The third-order valence-corrected chi connectivity index (χ3v) is 5.13. The molecule has 0 bridgehead atoms. The number of fused-ring (bicyclic) bond motifs is 3. The van der Waals surface area contributed by atoms with Gasteiger partial charge in [-0.3, -0.25) is 9.89 Å². The van der Waals surface area contributed by atoms with Crippen LogP contribution >= 0.6 is 0 Å². The first-order valence-corrected chi connectivity index (χ1v) is 7.37. The van der Waals surface area contributed by atoms with Crippen LogP contribution in [0.4, 0.5) is 0 Å². The van der Waals surface area contributed by atoms with Crippen molar-refractivity contribution >= 4 is 5.65 Å². The number of hydrogen-bond acceptors (Lipinski definition) is 2. The van der Waals surface area contributed by atoms with Crippen LogP contribution < -0.4 is 5.56 Å². The van der Waals surface area contributed by atoms with Crippen molar-refractivity contribution in [2.24, 2.45) is 0 Å². The molecular formula is C15H19N3O. The Morgan fingerprint density at radius 1 is 1.37 bits per heavy atom. The van der Waals surface area contributed by atoms with E-state index < -0.39 is 0 Å². The predicted molar refractivity (Wildman–Crippen MR) is 73.7 cm³/mol. The lowest BCUT2D eigenvalue weighted by atomic mass is 9.83. The summed E-state index contributed by atoms with van der Waals surface area (Å²) in [5, 5.41) is 3.06. The molecule has 100 valence electrons. The summed E-state index contributed by atoms with van der Waals surface area (Å²) >= 11 is 0. The van der Waals surface area contributed by atoms with Crippen LogP contribution in [0.2, 0.25) is 0 Å². The van der Waals surface area contributed by atoms with E-state index in [9.17, 15) is 4.79 Å². The van der Waals surface area contributed by atoms with Gasteiger partial charge in [-0.05, 0) is 32.1 Å². The number of nitrogens with zero attached hydrogens (tertiary/aromatic N) is 2. The molecule has 4 nitrogen and oxygen atoms in total. The van der Waals surface area contributed by atoms with Crippen LogP contribution in [0, 0.1) is 0 Å². The van der Waals surface area contributed by atoms with Crippen LogP contribution in [0.1, 0.15) is 55.8 Å². The van der Waals surface area contributed by atoms with Crippen molar-refractivity contribution in [1.82, 2.24) is 14.6 Å². The van der Waals surface area contributed by atoms with Crippen molar-refractivity contribution in [1.29, 1.82) is 0 Å². The minimum atomic E-state index is 0.128. The third-order valence-electron chi connectivity index (χ3n) is 5.13. The van der Waals surface area contributed by atoms with Crippen molar-refractivity contribution in [3.05, 3.63) is 33.4 Å². The molecular weight excluding hydrogens is 238 g/mol. The van der Waals surface area contributed by atoms with Gasteiger partial charge in [-0.1, -0.05) is 19.8 Å². The first-order valence-electron chi connectivity index (χ1n) is 7.37. The molecule has 2 aliphatic carbocycles. The average molecular weight is 257 g/mol. The molecule has 0 amide bonds. The Labute approximate surface area is 111 Å². The first-order chi connectivity index (χ1) is 9.25. The molecule has 0 atom stereocenters. The zero-order chi connectivity index (χ0) is 13.0. The van der Waals surface area contributed by atoms with E-state index in [0.717, 1.165) is 41.7 Å². The summed E-state index contributed by atoms with van der Waals surface area (Å²) in [5.74, 6) is 0. The van der Waals surface area contributed by atoms with E-state index in [1.807, 2.05) is 6.20 Å². The fourth-order valence-corrected chi connectivity index (χ4v) is 4.04. The molecule has 2 aliphatic rings. The van der Waals surface area contributed by atoms with Gasteiger partial charge >= 0.3 is 0 Å². The van der Waals surface area contributed by atoms with Gasteiger partial charge in [-0.25, -0.2) is 9.50 Å². The maximum absolute atomic E-state index is 12.6. The number of H-pyrrole nitrogens is 1. The van der Waals surface area contributed by atoms with E-state index in [1.165, 1.54) is 25.7 Å². The van der Waals surface area contributed by atoms with Gasteiger partial charge in [-0.2, -0.15) is 0 Å². The predicted octanol–water partition coefficient (Wildman–Crippen LogP) is 2.34. The summed E-state index contributed by atoms with van der Waals surface area (Å²) in [6, 6.07) is 0. The lowest BCUT2D eigenvalue weighted by molar-refractivity contribution is 0.429. The van der Waals surface area contributed by atoms with Crippen LogP contribution in [0.15, 0.2) is 11.0 Å². The van der Waals surface area contributed by atoms with Crippen molar-refractivity contribution in [3.8, 4) is 0 Å². The molecule has 0 aliphatic heterocycles. The summed E-state index contributed by atoms with van der Waals surface area (Å²) < 4.78 is 1.63. The molecule has 1 fully saturated rings. The van der Waals surface area contributed by atoms with Crippen LogP contribution in [-0.4, -0.2) is 14.6 Å². The van der Waals surface area contributed by atoms with Crippen LogP contribution in [0.3, 0.4) is 0 Å². The number of nitrogens with one attached hydrogen (secondary N) is 1. The van der Waals surface area contributed by atoms with Gasteiger partial charge in [0.2, 0.25) is 0 Å². The molecule has 4 rings (SSSR count). The Morgan fingerprint density at radius 3 is 2.89 bits per heavy atom. The van der Waals surface area contributed by atoms with Crippen LogP contribution in [0.25, 0.3) is 5.65 Å². The summed E-state index contributed by atoms with van der Waals surface area (Å²) in [7, 11) is 0. The maximum Gasteiger partial charge on any atom is 0.276 e. The number of rotatable bonds is 1. The van der Waals surface area contributed by atoms with Crippen LogP contribution in [-0.2, 0) is 18.3 Å². The standard InChI is InChI=1S/C15H19N3O/c1-2-10-9-16-18-13(10)17-12-11(14(18)19)5-8-15(12)6-3-4-7-15/h9,16H,2-8H2,1H3. The number of aromatic amines is 1. The molecule has 1 N–H and O–H groups in total. The highest BCUT2D eigenvalue weighted by Crippen LogP contribution is 2.48. The van der Waals surface area contributed by atoms with Gasteiger partial charge in [0.1, 0.15) is 0 Å². The van der Waals surface area contributed by atoms with E-state index in [0.29, 0.717) is 0 Å². The highest BCUT2D eigenvalue weighted by atomic mass is 16.1. The second kappa shape index (κ2) is 3.71. The Hall–Kier alpha value is -1.58. The van der Waals surface area contributed by atoms with Gasteiger partial charge in [0.05, 0.1) is 5.69 Å². The van der Waals surface area contributed by atoms with E-state index in [-0.39, 0.29) is 11.0 Å². The molecule has 2 heterocycles. The molecule has 0 unspecified atom stereocenters. The summed E-state index contributed by atoms with van der Waals surface area (Å²) in [5.41, 5.74) is 4.43. The first kappa shape index (κ1) is 11.3. The Morgan fingerprint density at radius 2 is 2.16 bits per heavy atom. The Balaban J connectivity index is 2.04. The van der Waals surface area contributed by atoms with Gasteiger partial charge in [0.15, 0.2) is 5.65 Å². The smallest absolute Gasteiger partial charge is 0.276 e. The quantitative estimate of drug-likeness (QED) is 0.852. The molecule has 1 saturated carbocycles. The third kappa shape index (κ3) is 1.34. The maximum atomic E-state index is 12.6. The van der Waals surface area contributed by atoms with Gasteiger partial charge in [0, 0.05) is 22.7 Å². The molecule has 2 aromatic heterocycles. The molecule has 2 aromatic rings. The minimum absolute atomic E-state index is 0.128. The Kier molecular flexibility index (Phi) is 2.20. The zero-order valence-corrected chi connectivity index (χ0v) is 11.3. The fourth-order valence-electron chi connectivity index (χ4n) is 4.04. The lowest BCUT2D eigenvalue weighted by Gasteiger charge is -2.22. The molecule has 0 aromatic carbocycles. The average Bonchev–Trinajstić information content (AvgIpc) is 3.12. The van der Waals surface area contributed by atoms with Gasteiger partial charge < -0.3 is 0 Å². The SMILES string of the molecule is CCc1c[nH]n2c(=O)c3c(nc12)C1(CCCC1)CC3. The topological polar surface area (TPSA) is 50.2 Å². The van der Waals surface area contributed by atoms with Gasteiger partial charge in [0.25, 0.3) is 5.56 Å². The van der Waals surface area contributed by atoms with Crippen molar-refractivity contribution in [2.75, 3.05) is 0 Å². The molecule has 19 heavy (non-hydrogen) atoms. The van der Waals surface area contributed by atoms with E-state index >= 15 is 0 Å². The monoisotopic (exact) mass is 257 g/mol.